The molecule has 1 atom stereocenters. The molecule has 170 valence electrons. The number of hydrogen-bond acceptors (Lipinski definition) is 0. The van der Waals surface area contributed by atoms with Gasteiger partial charge in [0.15, 0.2) is 0 Å². The van der Waals surface area contributed by atoms with Crippen LogP contribution in [0.3, 0.4) is 0 Å². The zero-order valence-electron chi connectivity index (χ0n) is 20.1. The molecule has 0 amide bonds. The maximum Gasteiger partial charge on any atom is 0.103 e. The Morgan fingerprint density at radius 2 is 1.19 bits per heavy atom. The third kappa shape index (κ3) is 9.49. The largest absolute Gasteiger partial charge is 0.103 e. The highest BCUT2D eigenvalue weighted by molar-refractivity contribution is 6.91. The van der Waals surface area contributed by atoms with Crippen LogP contribution in [0, 0.1) is 5.92 Å². The summed E-state index contributed by atoms with van der Waals surface area (Å²) in [5.74, 6) is 1.06. The minimum Gasteiger partial charge on any atom is -0.0654 e. The second-order valence-corrected chi connectivity index (χ2v) is 16.6. The maximum absolute atomic E-state index is 2.44. The second-order valence-electron chi connectivity index (χ2n) is 10.1. The Balaban J connectivity index is 1.46. The van der Waals surface area contributed by atoms with Crippen molar-refractivity contribution in [1.29, 1.82) is 0 Å². The molecule has 0 N–H and O–H groups in total. The van der Waals surface area contributed by atoms with Crippen molar-refractivity contribution in [3.63, 3.8) is 0 Å². The van der Waals surface area contributed by atoms with E-state index in [0.29, 0.717) is 0 Å². The molecule has 1 unspecified atom stereocenters. The fraction of sp³-hybridized carbons (Fsp3) is 0.586. The molecule has 3 rings (SSSR count). The van der Waals surface area contributed by atoms with Crippen LogP contribution in [-0.4, -0.2) is 18.3 Å². The summed E-state index contributed by atoms with van der Waals surface area (Å²) in [5.41, 5.74) is 0. The minimum absolute atomic E-state index is 0.00439. The Hall–Kier alpha value is -1.13. The SMILES string of the molecule is CCCCCCCCCCCC[SiH2]C(CC1CC1)[SiH](c1ccccc1)c1ccccc1. The lowest BCUT2D eigenvalue weighted by Gasteiger charge is -2.27. The topological polar surface area (TPSA) is 0 Å². The van der Waals surface area contributed by atoms with Gasteiger partial charge in [0.1, 0.15) is 8.80 Å². The van der Waals surface area contributed by atoms with Gasteiger partial charge in [0.25, 0.3) is 0 Å². The van der Waals surface area contributed by atoms with Crippen LogP contribution >= 0.6 is 0 Å². The number of benzene rings is 2. The summed E-state index contributed by atoms with van der Waals surface area (Å²) in [7, 11) is -1.11. The van der Waals surface area contributed by atoms with E-state index in [9.17, 15) is 0 Å². The number of unbranched alkanes of at least 4 members (excludes halogenated alkanes) is 9. The van der Waals surface area contributed by atoms with Crippen molar-refractivity contribution in [2.24, 2.45) is 5.92 Å². The zero-order valence-corrected chi connectivity index (χ0v) is 22.7. The standard InChI is InChI=1S/C29H46Si2/c1-2-3-4-5-6-7-8-9-10-17-24-30-29(25-26-22-23-26)31(27-18-13-11-14-19-27)28-20-15-12-16-21-28/h11-16,18-21,26,29,31H,2-10,17,22-25,30H2,1H3. The van der Waals surface area contributed by atoms with Gasteiger partial charge in [-0.05, 0) is 11.1 Å². The van der Waals surface area contributed by atoms with E-state index in [1.54, 1.807) is 22.8 Å². The molecule has 1 fully saturated rings. The molecule has 0 aliphatic heterocycles. The van der Waals surface area contributed by atoms with Gasteiger partial charge in [-0.25, -0.2) is 0 Å². The van der Waals surface area contributed by atoms with Gasteiger partial charge in [0, 0.05) is 9.52 Å². The van der Waals surface area contributed by atoms with E-state index in [1.807, 2.05) is 0 Å². The molecular formula is C29H46Si2. The van der Waals surface area contributed by atoms with Crippen LogP contribution in [0.2, 0.25) is 11.2 Å². The first-order chi connectivity index (χ1) is 15.4. The Morgan fingerprint density at radius 1 is 0.710 bits per heavy atom. The Morgan fingerprint density at radius 3 is 1.68 bits per heavy atom. The van der Waals surface area contributed by atoms with Crippen LogP contribution in [0.15, 0.2) is 60.7 Å². The summed E-state index contributed by atoms with van der Waals surface area (Å²) in [6.07, 6.45) is 19.2. The smallest absolute Gasteiger partial charge is 0.0654 e. The highest BCUT2D eigenvalue weighted by Gasteiger charge is 2.32. The number of rotatable bonds is 17. The summed E-state index contributed by atoms with van der Waals surface area (Å²) in [6.45, 7) is 2.31. The van der Waals surface area contributed by atoms with E-state index < -0.39 is 8.80 Å². The van der Waals surface area contributed by atoms with E-state index >= 15 is 0 Å². The van der Waals surface area contributed by atoms with E-state index in [1.165, 1.54) is 77.0 Å². The molecule has 2 aromatic carbocycles. The molecule has 0 spiro atoms. The summed E-state index contributed by atoms with van der Waals surface area (Å²) >= 11 is 0. The molecule has 2 heteroatoms. The van der Waals surface area contributed by atoms with Crippen molar-refractivity contribution in [1.82, 2.24) is 0 Å². The highest BCUT2D eigenvalue weighted by Crippen LogP contribution is 2.38. The average molecular weight is 451 g/mol. The molecule has 0 aromatic heterocycles. The van der Waals surface area contributed by atoms with Crippen LogP contribution in [-0.2, 0) is 0 Å². The quantitative estimate of drug-likeness (QED) is 0.187. The van der Waals surface area contributed by atoms with Crippen molar-refractivity contribution in [3.05, 3.63) is 60.7 Å². The predicted octanol–water partition coefficient (Wildman–Crippen LogP) is 6.66. The van der Waals surface area contributed by atoms with Crippen molar-refractivity contribution >= 4 is 28.7 Å². The molecular weight excluding hydrogens is 404 g/mol. The molecule has 2 aromatic rings. The van der Waals surface area contributed by atoms with E-state index in [0.717, 1.165) is 11.1 Å². The summed E-state index contributed by atoms with van der Waals surface area (Å²) < 4.78 is 0. The summed E-state index contributed by atoms with van der Waals surface area (Å²) in [4.78, 5) is 0. The van der Waals surface area contributed by atoms with Crippen LogP contribution in [0.5, 0.6) is 0 Å². The summed E-state index contributed by atoms with van der Waals surface area (Å²) in [5, 5.41) is 4.45. The van der Waals surface area contributed by atoms with Crippen molar-refractivity contribution in [3.8, 4) is 0 Å². The maximum atomic E-state index is 2.44. The molecule has 0 saturated heterocycles. The Bertz CT molecular complexity index is 641. The van der Waals surface area contributed by atoms with Gasteiger partial charge in [-0.2, -0.15) is 0 Å². The number of hydrogen-bond donors (Lipinski definition) is 0. The predicted molar refractivity (Wildman–Crippen MR) is 146 cm³/mol. The van der Waals surface area contributed by atoms with Crippen molar-refractivity contribution in [2.45, 2.75) is 102 Å². The van der Waals surface area contributed by atoms with Gasteiger partial charge < -0.3 is 0 Å². The molecule has 1 saturated carbocycles. The van der Waals surface area contributed by atoms with Crippen LogP contribution < -0.4 is 10.4 Å². The molecule has 1 aliphatic rings. The zero-order chi connectivity index (χ0) is 21.6. The molecule has 31 heavy (non-hydrogen) atoms. The van der Waals surface area contributed by atoms with Gasteiger partial charge in [0.2, 0.25) is 0 Å². The van der Waals surface area contributed by atoms with Crippen LogP contribution in [0.4, 0.5) is 0 Å². The lowest BCUT2D eigenvalue weighted by Crippen LogP contribution is -2.47. The average Bonchev–Trinajstić information content (AvgIpc) is 3.63. The normalized spacial score (nSPS) is 15.2. The Labute approximate surface area is 196 Å². The lowest BCUT2D eigenvalue weighted by atomic mass is 10.1. The first kappa shape index (κ1) is 24.5. The minimum atomic E-state index is -1.10. The van der Waals surface area contributed by atoms with E-state index in [-0.39, 0.29) is 9.52 Å². The van der Waals surface area contributed by atoms with Gasteiger partial charge in [-0.15, -0.1) is 0 Å². The van der Waals surface area contributed by atoms with Gasteiger partial charge in [0.05, 0.1) is 0 Å². The molecule has 0 bridgehead atoms. The molecule has 0 nitrogen and oxygen atoms in total. The van der Waals surface area contributed by atoms with E-state index in [2.05, 4.69) is 67.6 Å². The van der Waals surface area contributed by atoms with Gasteiger partial charge in [-0.1, -0.05) is 167 Å². The van der Waals surface area contributed by atoms with Crippen LogP contribution in [0.25, 0.3) is 0 Å². The molecule has 1 aliphatic carbocycles. The van der Waals surface area contributed by atoms with E-state index in [4.69, 9.17) is 0 Å². The third-order valence-corrected chi connectivity index (χ3v) is 15.1. The summed E-state index contributed by atoms with van der Waals surface area (Å²) in [6, 6.07) is 24.8. The molecule has 0 heterocycles. The Kier molecular flexibility index (Phi) is 11.7. The first-order valence-corrected chi connectivity index (χ1v) is 17.1. The molecule has 0 radical (unpaired) electrons. The fourth-order valence-corrected chi connectivity index (χ4v) is 14.3. The monoisotopic (exact) mass is 450 g/mol. The van der Waals surface area contributed by atoms with Crippen molar-refractivity contribution < 1.29 is 0 Å². The fourth-order valence-electron chi connectivity index (χ4n) is 5.33. The third-order valence-electron chi connectivity index (χ3n) is 7.30. The van der Waals surface area contributed by atoms with Gasteiger partial charge >= 0.3 is 0 Å². The lowest BCUT2D eigenvalue weighted by molar-refractivity contribution is 0.562. The van der Waals surface area contributed by atoms with Gasteiger partial charge in [-0.3, -0.25) is 0 Å². The van der Waals surface area contributed by atoms with Crippen LogP contribution in [0.1, 0.15) is 90.4 Å². The van der Waals surface area contributed by atoms with Crippen molar-refractivity contribution in [2.75, 3.05) is 0 Å². The second kappa shape index (κ2) is 14.8. The first-order valence-electron chi connectivity index (χ1n) is 13.5. The highest BCUT2D eigenvalue weighted by atomic mass is 28.3.